The summed E-state index contributed by atoms with van der Waals surface area (Å²) in [5.74, 6) is -0.235. The molecule has 3 heterocycles. The molecule has 1 amide bonds. The highest BCUT2D eigenvalue weighted by molar-refractivity contribution is 5.77. The van der Waals surface area contributed by atoms with Crippen LogP contribution in [0, 0.1) is 0 Å². The van der Waals surface area contributed by atoms with Crippen molar-refractivity contribution in [3.63, 3.8) is 0 Å². The molecule has 0 aromatic carbocycles. The third kappa shape index (κ3) is 3.89. The summed E-state index contributed by atoms with van der Waals surface area (Å²) in [6.07, 6.45) is 0.688. The molecular weight excluding hydrogens is 337 g/mol. The zero-order valence-corrected chi connectivity index (χ0v) is 13.4. The smallest absolute Gasteiger partial charge is 0.349 e. The number of carbonyl (C=O) groups is 1. The largest absolute Gasteiger partial charge is 0.433 e. The van der Waals surface area contributed by atoms with Crippen molar-refractivity contribution in [2.24, 2.45) is 0 Å². The maximum Gasteiger partial charge on any atom is 0.433 e. The molecule has 1 aliphatic rings. The lowest BCUT2D eigenvalue weighted by Gasteiger charge is -2.32. The molecule has 3 rings (SSSR count). The number of alkyl halides is 3. The number of nitrogens with one attached hydrogen (secondary N) is 2. The number of hydrogen-bond acceptors (Lipinski definition) is 5. The molecule has 0 radical (unpaired) electrons. The summed E-state index contributed by atoms with van der Waals surface area (Å²) < 4.78 is 40.1. The molecule has 10 heteroatoms. The van der Waals surface area contributed by atoms with Gasteiger partial charge < -0.3 is 10.6 Å². The van der Waals surface area contributed by atoms with Gasteiger partial charge in [0.25, 0.3) is 0 Å². The van der Waals surface area contributed by atoms with Crippen LogP contribution >= 0.6 is 0 Å². The number of hydrogen-bond donors (Lipinski definition) is 2. The summed E-state index contributed by atoms with van der Waals surface area (Å²) in [7, 11) is 0. The summed E-state index contributed by atoms with van der Waals surface area (Å²) >= 11 is 0. The van der Waals surface area contributed by atoms with Gasteiger partial charge in [-0.1, -0.05) is 0 Å². The lowest BCUT2D eigenvalue weighted by atomic mass is 9.94. The molecule has 1 aliphatic heterocycles. The van der Waals surface area contributed by atoms with E-state index < -0.39 is 17.9 Å². The lowest BCUT2D eigenvalue weighted by Crippen LogP contribution is -2.45. The molecule has 0 unspecified atom stereocenters. The predicted molar refractivity (Wildman–Crippen MR) is 82.5 cm³/mol. The molecule has 2 N–H and O–H groups in total. The quantitative estimate of drug-likeness (QED) is 0.879. The van der Waals surface area contributed by atoms with E-state index in [-0.39, 0.29) is 24.3 Å². The summed E-state index contributed by atoms with van der Waals surface area (Å²) in [4.78, 5) is 19.1. The fourth-order valence-corrected chi connectivity index (χ4v) is 2.74. The van der Waals surface area contributed by atoms with Gasteiger partial charge in [0.1, 0.15) is 5.69 Å². The van der Waals surface area contributed by atoms with Crippen LogP contribution in [0.3, 0.4) is 0 Å². The Bertz CT molecular complexity index is 760. The number of carbonyl (C=O) groups excluding carboxylic acids is 1. The number of nitrogens with zero attached hydrogens (tertiary/aromatic N) is 4. The van der Waals surface area contributed by atoms with Crippen LogP contribution in [0.1, 0.15) is 37.1 Å². The molecule has 0 aliphatic carbocycles. The number of aryl methyl sites for hydroxylation is 1. The van der Waals surface area contributed by atoms with Crippen molar-refractivity contribution in [2.75, 3.05) is 5.32 Å². The van der Waals surface area contributed by atoms with Gasteiger partial charge in [0, 0.05) is 30.9 Å². The highest BCUT2D eigenvalue weighted by atomic mass is 19.4. The Morgan fingerprint density at radius 3 is 2.92 bits per heavy atom. The molecule has 1 saturated heterocycles. The van der Waals surface area contributed by atoms with E-state index in [1.807, 2.05) is 6.92 Å². The SMILES string of the molecule is CCn1cc([C@@H]2NC(=O)CC[C@H]2Nc2nccc(C(F)(F)F)n2)cn1. The summed E-state index contributed by atoms with van der Waals surface area (Å²) in [6, 6.07) is 0.0618. The number of rotatable bonds is 4. The Kier molecular flexibility index (Phi) is 4.60. The van der Waals surface area contributed by atoms with Gasteiger partial charge in [-0.05, 0) is 19.4 Å². The van der Waals surface area contributed by atoms with Crippen LogP contribution in [0.25, 0.3) is 0 Å². The molecule has 2 atom stereocenters. The zero-order valence-electron chi connectivity index (χ0n) is 13.4. The first-order valence-electron chi connectivity index (χ1n) is 7.85. The van der Waals surface area contributed by atoms with E-state index in [1.54, 1.807) is 17.1 Å². The lowest BCUT2D eigenvalue weighted by molar-refractivity contribution is -0.141. The summed E-state index contributed by atoms with van der Waals surface area (Å²) in [5, 5.41) is 9.95. The maximum absolute atomic E-state index is 12.8. The highest BCUT2D eigenvalue weighted by Gasteiger charge is 2.34. The molecule has 25 heavy (non-hydrogen) atoms. The number of aromatic nitrogens is 4. The van der Waals surface area contributed by atoms with Gasteiger partial charge >= 0.3 is 6.18 Å². The first kappa shape index (κ1) is 17.2. The van der Waals surface area contributed by atoms with Gasteiger partial charge in [-0.3, -0.25) is 9.48 Å². The van der Waals surface area contributed by atoms with Crippen LogP contribution in [0.15, 0.2) is 24.7 Å². The maximum atomic E-state index is 12.8. The predicted octanol–water partition coefficient (Wildman–Crippen LogP) is 2.14. The second kappa shape index (κ2) is 6.69. The van der Waals surface area contributed by atoms with Gasteiger partial charge in [0.05, 0.1) is 18.3 Å². The highest BCUT2D eigenvalue weighted by Crippen LogP contribution is 2.29. The number of halogens is 3. The van der Waals surface area contributed by atoms with Crippen molar-refractivity contribution in [3.8, 4) is 0 Å². The summed E-state index contributed by atoms with van der Waals surface area (Å²) in [6.45, 7) is 2.61. The minimum Gasteiger partial charge on any atom is -0.349 e. The van der Waals surface area contributed by atoms with Crippen LogP contribution < -0.4 is 10.6 Å². The van der Waals surface area contributed by atoms with E-state index >= 15 is 0 Å². The summed E-state index contributed by atoms with van der Waals surface area (Å²) in [5.41, 5.74) is -0.237. The molecular formula is C15H17F3N6O. The minimum absolute atomic E-state index is 0.114. The van der Waals surface area contributed by atoms with E-state index in [0.29, 0.717) is 13.0 Å². The molecule has 2 aromatic rings. The fourth-order valence-electron chi connectivity index (χ4n) is 2.74. The van der Waals surface area contributed by atoms with Crippen molar-refractivity contribution in [3.05, 3.63) is 35.9 Å². The molecule has 134 valence electrons. The van der Waals surface area contributed by atoms with E-state index in [2.05, 4.69) is 25.7 Å². The third-order valence-corrected chi connectivity index (χ3v) is 4.00. The second-order valence-electron chi connectivity index (χ2n) is 5.73. The fraction of sp³-hybridized carbons (Fsp3) is 0.467. The van der Waals surface area contributed by atoms with E-state index in [4.69, 9.17) is 0 Å². The van der Waals surface area contributed by atoms with Crippen LogP contribution in [0.4, 0.5) is 19.1 Å². The number of piperidine rings is 1. The Balaban J connectivity index is 1.82. The monoisotopic (exact) mass is 354 g/mol. The molecule has 0 bridgehead atoms. The minimum atomic E-state index is -4.54. The van der Waals surface area contributed by atoms with Gasteiger partial charge in [-0.15, -0.1) is 0 Å². The molecule has 0 spiro atoms. The average Bonchev–Trinajstić information content (AvgIpc) is 3.05. The van der Waals surface area contributed by atoms with Gasteiger partial charge in [0.15, 0.2) is 0 Å². The van der Waals surface area contributed by atoms with Crippen LogP contribution in [0.2, 0.25) is 0 Å². The van der Waals surface area contributed by atoms with Gasteiger partial charge in [0.2, 0.25) is 11.9 Å². The van der Waals surface area contributed by atoms with Crippen LogP contribution in [-0.4, -0.2) is 31.7 Å². The molecule has 0 saturated carbocycles. The normalized spacial score (nSPS) is 21.0. The first-order valence-corrected chi connectivity index (χ1v) is 7.85. The van der Waals surface area contributed by atoms with E-state index in [0.717, 1.165) is 17.8 Å². The average molecular weight is 354 g/mol. The van der Waals surface area contributed by atoms with Crippen molar-refractivity contribution in [1.29, 1.82) is 0 Å². The molecule has 1 fully saturated rings. The van der Waals surface area contributed by atoms with Gasteiger partial charge in [-0.25, -0.2) is 9.97 Å². The second-order valence-corrected chi connectivity index (χ2v) is 5.73. The molecule has 2 aromatic heterocycles. The van der Waals surface area contributed by atoms with Crippen LogP contribution in [0.5, 0.6) is 0 Å². The standard InChI is InChI=1S/C15H17F3N6O/c1-2-24-8-9(7-20-24)13-10(3-4-12(25)23-13)21-14-19-6-5-11(22-14)15(16,17)18/h5-8,10,13H,2-4H2,1H3,(H,23,25)(H,19,21,22)/t10-,13+/m1/s1. The third-order valence-electron chi connectivity index (χ3n) is 4.00. The molecule has 7 nitrogen and oxygen atoms in total. The Labute approximate surface area is 141 Å². The first-order chi connectivity index (χ1) is 11.9. The Morgan fingerprint density at radius 2 is 2.24 bits per heavy atom. The van der Waals surface area contributed by atoms with E-state index in [1.165, 1.54) is 0 Å². The Morgan fingerprint density at radius 1 is 1.44 bits per heavy atom. The number of amides is 1. The van der Waals surface area contributed by atoms with Crippen molar-refractivity contribution >= 4 is 11.9 Å². The van der Waals surface area contributed by atoms with Gasteiger partial charge in [-0.2, -0.15) is 18.3 Å². The Hall–Kier alpha value is -2.65. The zero-order chi connectivity index (χ0) is 18.0. The van der Waals surface area contributed by atoms with Crippen molar-refractivity contribution in [1.82, 2.24) is 25.1 Å². The van der Waals surface area contributed by atoms with Crippen molar-refractivity contribution in [2.45, 2.75) is 44.6 Å². The van der Waals surface area contributed by atoms with Crippen LogP contribution in [-0.2, 0) is 17.5 Å². The van der Waals surface area contributed by atoms with Crippen molar-refractivity contribution < 1.29 is 18.0 Å². The number of anilines is 1. The topological polar surface area (TPSA) is 84.7 Å². The van der Waals surface area contributed by atoms with E-state index in [9.17, 15) is 18.0 Å².